The van der Waals surface area contributed by atoms with Crippen LogP contribution in [0.1, 0.15) is 19.2 Å². The Bertz CT molecular complexity index is 449. The van der Waals surface area contributed by atoms with E-state index in [-0.39, 0.29) is 22.9 Å². The van der Waals surface area contributed by atoms with Crippen molar-refractivity contribution in [2.75, 3.05) is 18.5 Å². The molecule has 4 nitrogen and oxygen atoms in total. The minimum absolute atomic E-state index is 0.0467. The first-order valence-corrected chi connectivity index (χ1v) is 6.20. The molecule has 19 heavy (non-hydrogen) atoms. The van der Waals surface area contributed by atoms with Gasteiger partial charge in [-0.2, -0.15) is 13.2 Å². The summed E-state index contributed by atoms with van der Waals surface area (Å²) in [5, 5.41) is 2.69. The van der Waals surface area contributed by atoms with Gasteiger partial charge in [0.15, 0.2) is 0 Å². The molecule has 0 radical (unpaired) electrons. The van der Waals surface area contributed by atoms with Crippen LogP contribution in [0.5, 0.6) is 0 Å². The second kappa shape index (κ2) is 5.50. The van der Waals surface area contributed by atoms with Crippen LogP contribution in [0.25, 0.3) is 0 Å². The largest absolute Gasteiger partial charge is 0.451 e. The maximum Gasteiger partial charge on any atom is 0.451 e. The van der Waals surface area contributed by atoms with E-state index in [0.29, 0.717) is 13.2 Å². The lowest BCUT2D eigenvalue weighted by Gasteiger charge is -2.20. The molecule has 0 bridgehead atoms. The van der Waals surface area contributed by atoms with Crippen molar-refractivity contribution in [3.8, 4) is 0 Å². The summed E-state index contributed by atoms with van der Waals surface area (Å²) >= 11 is 5.58. The Balaban J connectivity index is 2.13. The summed E-state index contributed by atoms with van der Waals surface area (Å²) in [6.07, 6.45) is -3.74. The second-order valence-electron chi connectivity index (χ2n) is 4.45. The number of hydrogen-bond donors (Lipinski definition) is 1. The number of aromatic nitrogens is 2. The van der Waals surface area contributed by atoms with Gasteiger partial charge in [0, 0.05) is 24.6 Å². The number of alkyl halides is 3. The van der Waals surface area contributed by atoms with Gasteiger partial charge in [-0.1, -0.05) is 11.6 Å². The van der Waals surface area contributed by atoms with Gasteiger partial charge in [0.2, 0.25) is 5.82 Å². The van der Waals surface area contributed by atoms with E-state index in [1.165, 1.54) is 6.07 Å². The Kier molecular flexibility index (Phi) is 4.15. The molecule has 2 unspecified atom stereocenters. The number of ether oxygens (including phenoxy) is 1. The van der Waals surface area contributed by atoms with E-state index in [9.17, 15) is 13.2 Å². The van der Waals surface area contributed by atoms with Crippen molar-refractivity contribution < 1.29 is 17.9 Å². The maximum absolute atomic E-state index is 12.6. The van der Waals surface area contributed by atoms with E-state index in [4.69, 9.17) is 16.3 Å². The summed E-state index contributed by atoms with van der Waals surface area (Å²) in [5.74, 6) is -0.910. The molecule has 1 aromatic heterocycles. The molecule has 0 amide bonds. The minimum atomic E-state index is -4.61. The summed E-state index contributed by atoms with van der Waals surface area (Å²) in [6.45, 7) is 3.15. The summed E-state index contributed by atoms with van der Waals surface area (Å²) in [7, 11) is 0. The Morgan fingerprint density at radius 3 is 2.79 bits per heavy atom. The smallest absolute Gasteiger partial charge is 0.381 e. The van der Waals surface area contributed by atoms with E-state index in [2.05, 4.69) is 15.3 Å². The number of halogens is 4. The highest BCUT2D eigenvalue weighted by molar-refractivity contribution is 6.29. The Labute approximate surface area is 113 Å². The molecule has 1 N–H and O–H groups in total. The van der Waals surface area contributed by atoms with Crippen LogP contribution in [-0.4, -0.2) is 29.2 Å². The van der Waals surface area contributed by atoms with Crippen LogP contribution in [0, 0.1) is 5.92 Å². The molecule has 1 aliphatic rings. The van der Waals surface area contributed by atoms with Crippen molar-refractivity contribution >= 4 is 17.4 Å². The Morgan fingerprint density at radius 2 is 2.21 bits per heavy atom. The zero-order valence-corrected chi connectivity index (χ0v) is 10.9. The van der Waals surface area contributed by atoms with Gasteiger partial charge in [0.05, 0.1) is 6.61 Å². The van der Waals surface area contributed by atoms with E-state index < -0.39 is 12.0 Å². The molecule has 0 spiro atoms. The van der Waals surface area contributed by atoms with Crippen molar-refractivity contribution in [2.24, 2.45) is 5.92 Å². The summed E-state index contributed by atoms with van der Waals surface area (Å²) in [4.78, 5) is 6.62. The van der Waals surface area contributed by atoms with Crippen LogP contribution in [-0.2, 0) is 10.9 Å². The van der Waals surface area contributed by atoms with Crippen LogP contribution in [0.3, 0.4) is 0 Å². The number of anilines is 1. The molecule has 0 aromatic carbocycles. The van der Waals surface area contributed by atoms with Crippen LogP contribution >= 0.6 is 11.6 Å². The van der Waals surface area contributed by atoms with Gasteiger partial charge in [0.25, 0.3) is 0 Å². The van der Waals surface area contributed by atoms with Crippen molar-refractivity contribution in [1.82, 2.24) is 9.97 Å². The van der Waals surface area contributed by atoms with Crippen LogP contribution < -0.4 is 5.32 Å². The summed E-state index contributed by atoms with van der Waals surface area (Å²) in [5.41, 5.74) is 0. The monoisotopic (exact) mass is 295 g/mol. The Hall–Kier alpha value is -1.08. The molecular formula is C11H13ClF3N3O. The number of hydrogen-bond acceptors (Lipinski definition) is 4. The highest BCUT2D eigenvalue weighted by Gasteiger charge is 2.35. The lowest BCUT2D eigenvalue weighted by atomic mass is 10.0. The third-order valence-electron chi connectivity index (χ3n) is 3.00. The van der Waals surface area contributed by atoms with Crippen LogP contribution in [0.2, 0.25) is 5.15 Å². The fraction of sp³-hybridized carbons (Fsp3) is 0.636. The number of nitrogens with zero attached hydrogens (tertiary/aromatic N) is 2. The normalized spacial score (nSPS) is 21.4. The molecule has 2 atom stereocenters. The predicted molar refractivity (Wildman–Crippen MR) is 64.1 cm³/mol. The van der Waals surface area contributed by atoms with E-state index >= 15 is 0 Å². The lowest BCUT2D eigenvalue weighted by Crippen LogP contribution is -2.27. The summed E-state index contributed by atoms with van der Waals surface area (Å²) in [6, 6.07) is 1.23. The average Bonchev–Trinajstić information content (AvgIpc) is 2.80. The minimum Gasteiger partial charge on any atom is -0.381 e. The first kappa shape index (κ1) is 14.3. The fourth-order valence-corrected chi connectivity index (χ4v) is 2.10. The van der Waals surface area contributed by atoms with Crippen molar-refractivity contribution in [2.45, 2.75) is 25.6 Å². The second-order valence-corrected chi connectivity index (χ2v) is 4.84. The zero-order valence-electron chi connectivity index (χ0n) is 10.2. The molecule has 1 fully saturated rings. The molecule has 0 saturated carbocycles. The molecule has 1 saturated heterocycles. The molecule has 2 heterocycles. The van der Waals surface area contributed by atoms with Crippen molar-refractivity contribution in [1.29, 1.82) is 0 Å². The molecule has 1 aromatic rings. The predicted octanol–water partition coefficient (Wildman–Crippen LogP) is 2.99. The molecule has 106 valence electrons. The van der Waals surface area contributed by atoms with Gasteiger partial charge in [-0.3, -0.25) is 0 Å². The summed E-state index contributed by atoms with van der Waals surface area (Å²) < 4.78 is 42.9. The van der Waals surface area contributed by atoms with Gasteiger partial charge in [-0.05, 0) is 13.3 Å². The molecule has 2 rings (SSSR count). The van der Waals surface area contributed by atoms with Gasteiger partial charge >= 0.3 is 6.18 Å². The van der Waals surface area contributed by atoms with Crippen molar-refractivity contribution in [3.05, 3.63) is 17.0 Å². The zero-order chi connectivity index (χ0) is 14.0. The molecule has 8 heteroatoms. The highest BCUT2D eigenvalue weighted by atomic mass is 35.5. The molecule has 0 aliphatic carbocycles. The van der Waals surface area contributed by atoms with Gasteiger partial charge in [0.1, 0.15) is 11.0 Å². The third-order valence-corrected chi connectivity index (χ3v) is 3.19. The highest BCUT2D eigenvalue weighted by Crippen LogP contribution is 2.29. The third kappa shape index (κ3) is 3.70. The molecular weight excluding hydrogens is 283 g/mol. The van der Waals surface area contributed by atoms with Gasteiger partial charge in [-0.25, -0.2) is 9.97 Å². The first-order valence-electron chi connectivity index (χ1n) is 5.82. The van der Waals surface area contributed by atoms with E-state index in [1.54, 1.807) is 0 Å². The quantitative estimate of drug-likeness (QED) is 0.871. The number of rotatable bonds is 3. The van der Waals surface area contributed by atoms with Crippen molar-refractivity contribution in [3.63, 3.8) is 0 Å². The van der Waals surface area contributed by atoms with Crippen LogP contribution in [0.15, 0.2) is 6.07 Å². The van der Waals surface area contributed by atoms with E-state index in [1.807, 2.05) is 6.92 Å². The lowest BCUT2D eigenvalue weighted by molar-refractivity contribution is -0.144. The molecule has 1 aliphatic heterocycles. The average molecular weight is 296 g/mol. The van der Waals surface area contributed by atoms with E-state index in [0.717, 1.165) is 6.42 Å². The number of nitrogens with one attached hydrogen (secondary N) is 1. The Morgan fingerprint density at radius 1 is 1.47 bits per heavy atom. The van der Waals surface area contributed by atoms with Gasteiger partial charge < -0.3 is 10.1 Å². The fourth-order valence-electron chi connectivity index (χ4n) is 1.92. The van der Waals surface area contributed by atoms with Crippen LogP contribution in [0.4, 0.5) is 19.0 Å². The maximum atomic E-state index is 12.6. The topological polar surface area (TPSA) is 47.0 Å². The SMILES string of the molecule is CC(Nc1cc(Cl)nc(C(F)(F)F)n1)C1CCOC1. The standard InChI is InChI=1S/C11H13ClF3N3O/c1-6(7-2-3-19-5-7)16-9-4-8(12)17-10(18-9)11(13,14)15/h4,6-7H,2-3,5H2,1H3,(H,16,17,18). The first-order chi connectivity index (χ1) is 8.86. The van der Waals surface area contributed by atoms with Gasteiger partial charge in [-0.15, -0.1) is 0 Å².